The Hall–Kier alpha value is -1.32. The van der Waals surface area contributed by atoms with Gasteiger partial charge in [0.1, 0.15) is 5.75 Å². The molecule has 16 heavy (non-hydrogen) atoms. The second-order valence-electron chi connectivity index (χ2n) is 3.91. The van der Waals surface area contributed by atoms with Gasteiger partial charge in [0, 0.05) is 22.8 Å². The van der Waals surface area contributed by atoms with Gasteiger partial charge < -0.3 is 9.84 Å². The van der Waals surface area contributed by atoms with Crippen molar-refractivity contribution >= 4 is 11.3 Å². The summed E-state index contributed by atoms with van der Waals surface area (Å²) in [6, 6.07) is 12.1. The molecule has 1 aliphatic heterocycles. The summed E-state index contributed by atoms with van der Waals surface area (Å²) in [5.74, 6) is 1.07. The highest BCUT2D eigenvalue weighted by Crippen LogP contribution is 2.41. The summed E-state index contributed by atoms with van der Waals surface area (Å²) in [6.45, 7) is 0. The van der Waals surface area contributed by atoms with Gasteiger partial charge in [-0.1, -0.05) is 24.3 Å². The first-order chi connectivity index (χ1) is 7.84. The third-order valence-corrected chi connectivity index (χ3v) is 3.87. The van der Waals surface area contributed by atoms with Crippen LogP contribution in [0.25, 0.3) is 0 Å². The SMILES string of the molecule is O[C@H]1CC(c2cccs2)c2ccccc2O1. The van der Waals surface area contributed by atoms with E-state index < -0.39 is 6.29 Å². The molecule has 82 valence electrons. The summed E-state index contributed by atoms with van der Waals surface area (Å²) < 4.78 is 5.42. The zero-order chi connectivity index (χ0) is 11.0. The lowest BCUT2D eigenvalue weighted by molar-refractivity contribution is -0.0356. The van der Waals surface area contributed by atoms with E-state index in [0.29, 0.717) is 6.42 Å². The standard InChI is InChI=1S/C13H12O2S/c14-13-8-10(12-6-3-7-16-12)9-4-1-2-5-11(9)15-13/h1-7,10,13-14H,8H2/t10?,13-/m1/s1. The van der Waals surface area contributed by atoms with E-state index in [4.69, 9.17) is 4.74 Å². The number of para-hydroxylation sites is 1. The predicted molar refractivity (Wildman–Crippen MR) is 63.9 cm³/mol. The van der Waals surface area contributed by atoms with E-state index in [2.05, 4.69) is 17.5 Å². The summed E-state index contributed by atoms with van der Waals surface area (Å²) in [5.41, 5.74) is 1.18. The minimum absolute atomic E-state index is 0.264. The van der Waals surface area contributed by atoms with Crippen LogP contribution < -0.4 is 4.74 Å². The molecule has 0 saturated heterocycles. The van der Waals surface area contributed by atoms with Crippen molar-refractivity contribution in [2.24, 2.45) is 0 Å². The van der Waals surface area contributed by atoms with E-state index in [-0.39, 0.29) is 5.92 Å². The van der Waals surface area contributed by atoms with Crippen molar-refractivity contribution in [2.75, 3.05) is 0 Å². The molecule has 2 atom stereocenters. The van der Waals surface area contributed by atoms with Crippen LogP contribution in [0.2, 0.25) is 0 Å². The number of ether oxygens (including phenoxy) is 1. The van der Waals surface area contributed by atoms with Crippen LogP contribution in [-0.2, 0) is 0 Å². The average molecular weight is 232 g/mol. The molecule has 0 fully saturated rings. The second-order valence-corrected chi connectivity index (χ2v) is 4.89. The van der Waals surface area contributed by atoms with Gasteiger partial charge in [-0.15, -0.1) is 11.3 Å². The van der Waals surface area contributed by atoms with Gasteiger partial charge in [0.15, 0.2) is 6.29 Å². The van der Waals surface area contributed by atoms with Crippen LogP contribution in [-0.4, -0.2) is 11.4 Å². The van der Waals surface area contributed by atoms with Gasteiger partial charge >= 0.3 is 0 Å². The molecule has 0 saturated carbocycles. The van der Waals surface area contributed by atoms with Gasteiger partial charge in [0.25, 0.3) is 0 Å². The Labute approximate surface area is 98.1 Å². The molecular weight excluding hydrogens is 220 g/mol. The fourth-order valence-electron chi connectivity index (χ4n) is 2.16. The Kier molecular flexibility index (Phi) is 2.42. The Morgan fingerprint density at radius 2 is 2.06 bits per heavy atom. The number of hydrogen-bond acceptors (Lipinski definition) is 3. The van der Waals surface area contributed by atoms with Gasteiger partial charge in [-0.05, 0) is 17.5 Å². The molecular formula is C13H12O2S. The van der Waals surface area contributed by atoms with Crippen molar-refractivity contribution < 1.29 is 9.84 Å². The normalized spacial score (nSPS) is 23.6. The van der Waals surface area contributed by atoms with E-state index in [0.717, 1.165) is 5.75 Å². The highest BCUT2D eigenvalue weighted by atomic mass is 32.1. The van der Waals surface area contributed by atoms with Crippen LogP contribution in [0.15, 0.2) is 41.8 Å². The van der Waals surface area contributed by atoms with Crippen molar-refractivity contribution in [3.05, 3.63) is 52.2 Å². The van der Waals surface area contributed by atoms with Gasteiger partial charge in [0.05, 0.1) is 0 Å². The van der Waals surface area contributed by atoms with Gasteiger partial charge in [0.2, 0.25) is 0 Å². The van der Waals surface area contributed by atoms with Crippen molar-refractivity contribution in [3.63, 3.8) is 0 Å². The number of aliphatic hydroxyl groups is 1. The van der Waals surface area contributed by atoms with Crippen LogP contribution in [0.1, 0.15) is 22.8 Å². The van der Waals surface area contributed by atoms with E-state index >= 15 is 0 Å². The van der Waals surface area contributed by atoms with E-state index in [1.165, 1.54) is 10.4 Å². The summed E-state index contributed by atoms with van der Waals surface area (Å²) >= 11 is 1.73. The molecule has 1 aromatic carbocycles. The quantitative estimate of drug-likeness (QED) is 0.819. The topological polar surface area (TPSA) is 29.5 Å². The first kappa shape index (κ1) is 9.87. The van der Waals surface area contributed by atoms with Crippen LogP contribution in [0.3, 0.4) is 0 Å². The van der Waals surface area contributed by atoms with Crippen LogP contribution in [0, 0.1) is 0 Å². The van der Waals surface area contributed by atoms with Crippen molar-refractivity contribution in [1.82, 2.24) is 0 Å². The summed E-state index contributed by atoms with van der Waals surface area (Å²) in [7, 11) is 0. The van der Waals surface area contributed by atoms with Crippen molar-refractivity contribution in [1.29, 1.82) is 0 Å². The Morgan fingerprint density at radius 3 is 2.88 bits per heavy atom. The van der Waals surface area contributed by atoms with Crippen LogP contribution in [0.4, 0.5) is 0 Å². The molecule has 1 aromatic heterocycles. The first-order valence-electron chi connectivity index (χ1n) is 5.31. The molecule has 3 rings (SSSR count). The lowest BCUT2D eigenvalue weighted by Crippen LogP contribution is -2.25. The second kappa shape index (κ2) is 3.92. The largest absolute Gasteiger partial charge is 0.465 e. The van der Waals surface area contributed by atoms with Crippen molar-refractivity contribution in [2.45, 2.75) is 18.6 Å². The molecule has 2 heterocycles. The fourth-order valence-corrected chi connectivity index (χ4v) is 3.02. The summed E-state index contributed by atoms with van der Waals surface area (Å²) in [6.07, 6.45) is -0.0562. The highest BCUT2D eigenvalue weighted by Gasteiger charge is 2.28. The highest BCUT2D eigenvalue weighted by molar-refractivity contribution is 7.10. The zero-order valence-electron chi connectivity index (χ0n) is 8.67. The minimum atomic E-state index is -0.693. The molecule has 2 aromatic rings. The average Bonchev–Trinajstić information content (AvgIpc) is 2.81. The number of thiophene rings is 1. The zero-order valence-corrected chi connectivity index (χ0v) is 9.48. The molecule has 1 aliphatic rings. The van der Waals surface area contributed by atoms with Crippen molar-refractivity contribution in [3.8, 4) is 5.75 Å². The Balaban J connectivity index is 2.07. The number of rotatable bonds is 1. The fraction of sp³-hybridized carbons (Fsp3) is 0.231. The maximum Gasteiger partial charge on any atom is 0.198 e. The number of benzene rings is 1. The Bertz CT molecular complexity index is 478. The minimum Gasteiger partial charge on any atom is -0.465 e. The molecule has 3 heteroatoms. The van der Waals surface area contributed by atoms with E-state index in [1.54, 1.807) is 11.3 Å². The van der Waals surface area contributed by atoms with E-state index in [9.17, 15) is 5.11 Å². The molecule has 0 aliphatic carbocycles. The molecule has 0 bridgehead atoms. The van der Waals surface area contributed by atoms with Gasteiger partial charge in [-0.25, -0.2) is 0 Å². The number of hydrogen-bond donors (Lipinski definition) is 1. The molecule has 1 unspecified atom stereocenters. The summed E-state index contributed by atoms with van der Waals surface area (Å²) in [5, 5.41) is 11.8. The summed E-state index contributed by atoms with van der Waals surface area (Å²) in [4.78, 5) is 1.29. The third kappa shape index (κ3) is 1.62. The maximum atomic E-state index is 9.71. The van der Waals surface area contributed by atoms with Gasteiger partial charge in [-0.3, -0.25) is 0 Å². The van der Waals surface area contributed by atoms with Gasteiger partial charge in [-0.2, -0.15) is 0 Å². The molecule has 2 nitrogen and oxygen atoms in total. The number of aliphatic hydroxyl groups excluding tert-OH is 1. The smallest absolute Gasteiger partial charge is 0.198 e. The lowest BCUT2D eigenvalue weighted by atomic mass is 9.91. The third-order valence-electron chi connectivity index (χ3n) is 2.88. The lowest BCUT2D eigenvalue weighted by Gasteiger charge is -2.28. The van der Waals surface area contributed by atoms with E-state index in [1.807, 2.05) is 24.3 Å². The molecule has 0 spiro atoms. The Morgan fingerprint density at radius 1 is 1.19 bits per heavy atom. The molecule has 1 N–H and O–H groups in total. The monoisotopic (exact) mass is 232 g/mol. The molecule has 0 amide bonds. The van der Waals surface area contributed by atoms with Crippen LogP contribution in [0.5, 0.6) is 5.75 Å². The number of fused-ring (bicyclic) bond motifs is 1. The first-order valence-corrected chi connectivity index (χ1v) is 6.19. The van der Waals surface area contributed by atoms with Crippen LogP contribution >= 0.6 is 11.3 Å². The maximum absolute atomic E-state index is 9.71. The molecule has 0 radical (unpaired) electrons. The predicted octanol–water partition coefficient (Wildman–Crippen LogP) is 2.98.